The van der Waals surface area contributed by atoms with Gasteiger partial charge in [0.25, 0.3) is 0 Å². The minimum Gasteiger partial charge on any atom is -0.293 e. The van der Waals surface area contributed by atoms with Gasteiger partial charge in [-0.1, -0.05) is 26.0 Å². The third kappa shape index (κ3) is 3.46. The van der Waals surface area contributed by atoms with Crippen molar-refractivity contribution in [1.29, 1.82) is 0 Å². The highest BCUT2D eigenvalue weighted by Crippen LogP contribution is 2.09. The molecule has 3 heteroatoms. The molecule has 0 amide bonds. The van der Waals surface area contributed by atoms with Crippen LogP contribution in [0.3, 0.4) is 0 Å². The molecule has 14 heavy (non-hydrogen) atoms. The van der Waals surface area contributed by atoms with Crippen molar-refractivity contribution in [2.75, 3.05) is 5.88 Å². The molecule has 0 unspecified atom stereocenters. The van der Waals surface area contributed by atoms with Crippen LogP contribution in [-0.2, 0) is 0 Å². The Morgan fingerprint density at radius 2 is 2.00 bits per heavy atom. The maximum absolute atomic E-state index is 12.9. The number of rotatable bonds is 2. The van der Waals surface area contributed by atoms with Crippen molar-refractivity contribution >= 4 is 17.4 Å². The minimum absolute atomic E-state index is 0.109. The molecule has 0 aliphatic heterocycles. The van der Waals surface area contributed by atoms with E-state index in [0.29, 0.717) is 11.1 Å². The van der Waals surface area contributed by atoms with Gasteiger partial charge in [-0.3, -0.25) is 4.79 Å². The van der Waals surface area contributed by atoms with Crippen molar-refractivity contribution in [3.8, 4) is 0 Å². The zero-order chi connectivity index (χ0) is 11.1. The second-order valence-electron chi connectivity index (χ2n) is 2.52. The predicted octanol–water partition coefficient (Wildman–Crippen LogP) is 3.58. The van der Waals surface area contributed by atoms with Gasteiger partial charge in [0.1, 0.15) is 5.82 Å². The lowest BCUT2D eigenvalue weighted by atomic mass is 10.1. The van der Waals surface area contributed by atoms with Crippen LogP contribution in [0, 0.1) is 12.7 Å². The van der Waals surface area contributed by atoms with Crippen LogP contribution in [-0.4, -0.2) is 11.7 Å². The van der Waals surface area contributed by atoms with Crippen LogP contribution >= 0.6 is 11.6 Å². The Balaban J connectivity index is 0.000000791. The SMILES string of the molecule is CC.Cc1ccc(C(=O)CCl)cc1F. The van der Waals surface area contributed by atoms with Gasteiger partial charge < -0.3 is 0 Å². The summed E-state index contributed by atoms with van der Waals surface area (Å²) < 4.78 is 12.9. The highest BCUT2D eigenvalue weighted by atomic mass is 35.5. The molecule has 0 aliphatic carbocycles. The van der Waals surface area contributed by atoms with E-state index in [-0.39, 0.29) is 17.5 Å². The van der Waals surface area contributed by atoms with Crippen LogP contribution in [0.5, 0.6) is 0 Å². The molecular weight excluding hydrogens is 203 g/mol. The first-order valence-electron chi connectivity index (χ1n) is 4.50. The molecule has 0 N–H and O–H groups in total. The van der Waals surface area contributed by atoms with Crippen molar-refractivity contribution in [2.45, 2.75) is 20.8 Å². The van der Waals surface area contributed by atoms with E-state index in [9.17, 15) is 9.18 Å². The molecule has 0 aliphatic rings. The Hall–Kier alpha value is -0.890. The molecular formula is C11H14ClFO. The lowest BCUT2D eigenvalue weighted by Gasteiger charge is -1.99. The number of carbonyl (C=O) groups is 1. The molecule has 1 aromatic rings. The molecule has 78 valence electrons. The average Bonchev–Trinajstić information content (AvgIpc) is 2.24. The third-order valence-corrected chi connectivity index (χ3v) is 1.86. The second-order valence-corrected chi connectivity index (χ2v) is 2.79. The van der Waals surface area contributed by atoms with E-state index in [0.717, 1.165) is 0 Å². The third-order valence-electron chi connectivity index (χ3n) is 1.62. The fourth-order valence-electron chi connectivity index (χ4n) is 0.843. The van der Waals surface area contributed by atoms with Crippen LogP contribution < -0.4 is 0 Å². The quantitative estimate of drug-likeness (QED) is 0.546. The number of Topliss-reactive ketones (excluding diaryl/α,β-unsaturated/α-hetero) is 1. The summed E-state index contributed by atoms with van der Waals surface area (Å²) in [5.74, 6) is -0.732. The van der Waals surface area contributed by atoms with E-state index in [1.807, 2.05) is 13.8 Å². The highest BCUT2D eigenvalue weighted by molar-refractivity contribution is 6.30. The molecule has 0 bridgehead atoms. The van der Waals surface area contributed by atoms with Crippen LogP contribution in [0.1, 0.15) is 29.8 Å². The van der Waals surface area contributed by atoms with E-state index in [1.165, 1.54) is 6.07 Å². The molecule has 0 spiro atoms. The lowest BCUT2D eigenvalue weighted by molar-refractivity contribution is 0.102. The number of benzene rings is 1. The summed E-state index contributed by atoms with van der Waals surface area (Å²) in [6, 6.07) is 4.35. The summed E-state index contributed by atoms with van der Waals surface area (Å²) in [4.78, 5) is 11.0. The largest absolute Gasteiger partial charge is 0.293 e. The monoisotopic (exact) mass is 216 g/mol. The van der Waals surface area contributed by atoms with Crippen molar-refractivity contribution < 1.29 is 9.18 Å². The molecule has 0 fully saturated rings. The van der Waals surface area contributed by atoms with E-state index < -0.39 is 0 Å². The fourth-order valence-corrected chi connectivity index (χ4v) is 0.998. The van der Waals surface area contributed by atoms with Gasteiger partial charge in [-0.15, -0.1) is 11.6 Å². The van der Waals surface area contributed by atoms with Gasteiger partial charge in [0.05, 0.1) is 5.88 Å². The number of hydrogen-bond acceptors (Lipinski definition) is 1. The van der Waals surface area contributed by atoms with Crippen LogP contribution in [0.2, 0.25) is 0 Å². The summed E-state index contributed by atoms with van der Waals surface area (Å²) in [7, 11) is 0. The summed E-state index contributed by atoms with van der Waals surface area (Å²) in [5, 5.41) is 0. The van der Waals surface area contributed by atoms with E-state index in [4.69, 9.17) is 11.6 Å². The van der Waals surface area contributed by atoms with Gasteiger partial charge >= 0.3 is 0 Å². The van der Waals surface area contributed by atoms with Crippen molar-refractivity contribution in [3.05, 3.63) is 35.1 Å². The van der Waals surface area contributed by atoms with Gasteiger partial charge in [-0.2, -0.15) is 0 Å². The lowest BCUT2D eigenvalue weighted by Crippen LogP contribution is -2.00. The number of ketones is 1. The van der Waals surface area contributed by atoms with Gasteiger partial charge in [0.2, 0.25) is 0 Å². The zero-order valence-corrected chi connectivity index (χ0v) is 9.36. The maximum Gasteiger partial charge on any atom is 0.177 e. The zero-order valence-electron chi connectivity index (χ0n) is 8.60. The summed E-state index contributed by atoms with van der Waals surface area (Å²) in [6.45, 7) is 5.64. The normalized spacial score (nSPS) is 8.93. The number of hydrogen-bond donors (Lipinski definition) is 0. The number of alkyl halides is 1. The van der Waals surface area contributed by atoms with Crippen molar-refractivity contribution in [1.82, 2.24) is 0 Å². The van der Waals surface area contributed by atoms with Gasteiger partial charge in [-0.25, -0.2) is 4.39 Å². The van der Waals surface area contributed by atoms with Crippen molar-refractivity contribution in [3.63, 3.8) is 0 Å². The Morgan fingerprint density at radius 1 is 1.43 bits per heavy atom. The van der Waals surface area contributed by atoms with Gasteiger partial charge in [-0.05, 0) is 18.6 Å². The smallest absolute Gasteiger partial charge is 0.177 e. The minimum atomic E-state index is -0.369. The molecule has 0 aromatic heterocycles. The molecule has 0 radical (unpaired) electrons. The number of carbonyl (C=O) groups excluding carboxylic acids is 1. The van der Waals surface area contributed by atoms with E-state index in [1.54, 1.807) is 19.1 Å². The molecule has 0 atom stereocenters. The van der Waals surface area contributed by atoms with Crippen LogP contribution in [0.25, 0.3) is 0 Å². The second kappa shape index (κ2) is 6.55. The van der Waals surface area contributed by atoms with Gasteiger partial charge in [0, 0.05) is 5.56 Å². The Morgan fingerprint density at radius 3 is 2.43 bits per heavy atom. The molecule has 0 saturated carbocycles. The average molecular weight is 217 g/mol. The van der Waals surface area contributed by atoms with E-state index in [2.05, 4.69) is 0 Å². The standard InChI is InChI=1S/C9H8ClFO.C2H6/c1-6-2-3-7(4-8(6)11)9(12)5-10;1-2/h2-4H,5H2,1H3;1-2H3. The molecule has 1 rings (SSSR count). The Labute approximate surface area is 88.9 Å². The maximum atomic E-state index is 12.9. The first-order valence-corrected chi connectivity index (χ1v) is 5.04. The van der Waals surface area contributed by atoms with Crippen LogP contribution in [0.4, 0.5) is 4.39 Å². The van der Waals surface area contributed by atoms with Crippen LogP contribution in [0.15, 0.2) is 18.2 Å². The number of halogens is 2. The molecule has 1 aromatic carbocycles. The predicted molar refractivity (Wildman–Crippen MR) is 57.5 cm³/mol. The molecule has 1 nitrogen and oxygen atoms in total. The molecule has 0 saturated heterocycles. The van der Waals surface area contributed by atoms with Gasteiger partial charge in [0.15, 0.2) is 5.78 Å². The Kier molecular flexibility index (Phi) is 6.13. The first kappa shape index (κ1) is 13.1. The first-order chi connectivity index (χ1) is 6.65. The summed E-state index contributed by atoms with van der Waals surface area (Å²) in [5.41, 5.74) is 0.856. The van der Waals surface area contributed by atoms with E-state index >= 15 is 0 Å². The Bertz CT molecular complexity index is 310. The summed E-state index contributed by atoms with van der Waals surface area (Å²) >= 11 is 5.31. The topological polar surface area (TPSA) is 17.1 Å². The van der Waals surface area contributed by atoms with Crippen molar-refractivity contribution in [2.24, 2.45) is 0 Å². The molecule has 0 heterocycles. The number of aryl methyl sites for hydroxylation is 1. The fraction of sp³-hybridized carbons (Fsp3) is 0.364. The summed E-state index contributed by atoms with van der Waals surface area (Å²) in [6.07, 6.45) is 0. The highest BCUT2D eigenvalue weighted by Gasteiger charge is 2.05.